The lowest BCUT2D eigenvalue weighted by molar-refractivity contribution is 0.328. The number of hydrogen-bond donors (Lipinski definition) is 1. The minimum absolute atomic E-state index is 0.211. The van der Waals surface area contributed by atoms with Crippen LogP contribution in [0, 0.1) is 0 Å². The molecule has 3 nitrogen and oxygen atoms in total. The highest BCUT2D eigenvalue weighted by molar-refractivity contribution is 9.10. The van der Waals surface area contributed by atoms with Gasteiger partial charge >= 0.3 is 0 Å². The number of rotatable bonds is 5. The van der Waals surface area contributed by atoms with E-state index in [1.807, 2.05) is 19.1 Å². The predicted octanol–water partition coefficient (Wildman–Crippen LogP) is 4.48. The first-order valence-corrected chi connectivity index (χ1v) is 7.47. The van der Waals surface area contributed by atoms with Crippen LogP contribution < -0.4 is 10.1 Å². The monoisotopic (exact) mass is 326 g/mol. The molecule has 1 N–H and O–H groups in total. The van der Waals surface area contributed by atoms with Gasteiger partial charge in [-0.3, -0.25) is 0 Å². The number of hydrogen-bond acceptors (Lipinski definition) is 4. The smallest absolute Gasteiger partial charge is 0.237 e. The molecule has 1 atom stereocenters. The van der Waals surface area contributed by atoms with Crippen molar-refractivity contribution in [2.75, 3.05) is 11.9 Å². The second-order valence-electron chi connectivity index (χ2n) is 3.79. The van der Waals surface area contributed by atoms with Crippen LogP contribution in [0.3, 0.4) is 0 Å². The van der Waals surface area contributed by atoms with Crippen LogP contribution in [0.25, 0.3) is 0 Å². The van der Waals surface area contributed by atoms with Gasteiger partial charge in [-0.1, -0.05) is 0 Å². The molecular formula is C13H15BrN2OS. The summed E-state index contributed by atoms with van der Waals surface area (Å²) in [7, 11) is 0. The minimum atomic E-state index is 0.211. The van der Waals surface area contributed by atoms with Crippen molar-refractivity contribution in [3.63, 3.8) is 0 Å². The number of thiophene rings is 1. The first kappa shape index (κ1) is 13.4. The lowest BCUT2D eigenvalue weighted by atomic mass is 10.2. The van der Waals surface area contributed by atoms with E-state index in [2.05, 4.69) is 44.6 Å². The van der Waals surface area contributed by atoms with Gasteiger partial charge < -0.3 is 10.1 Å². The van der Waals surface area contributed by atoms with Gasteiger partial charge in [0.05, 0.1) is 18.3 Å². The van der Waals surface area contributed by atoms with Crippen molar-refractivity contribution >= 4 is 33.0 Å². The zero-order valence-electron chi connectivity index (χ0n) is 10.3. The topological polar surface area (TPSA) is 34.1 Å². The predicted molar refractivity (Wildman–Crippen MR) is 79.5 cm³/mol. The molecule has 0 fully saturated rings. The summed E-state index contributed by atoms with van der Waals surface area (Å²) in [5.74, 6) is 0.652. The zero-order chi connectivity index (χ0) is 13.0. The van der Waals surface area contributed by atoms with Gasteiger partial charge in [0.1, 0.15) is 0 Å². The Balaban J connectivity index is 2.16. The van der Waals surface area contributed by atoms with E-state index < -0.39 is 0 Å². The fourth-order valence-electron chi connectivity index (χ4n) is 1.67. The molecule has 2 aromatic heterocycles. The molecule has 0 aliphatic carbocycles. The molecule has 0 aliphatic rings. The largest absolute Gasteiger partial charge is 0.476 e. The van der Waals surface area contributed by atoms with E-state index >= 15 is 0 Å². The van der Waals surface area contributed by atoms with Crippen LogP contribution in [-0.4, -0.2) is 11.6 Å². The third kappa shape index (κ3) is 3.03. The summed E-state index contributed by atoms with van der Waals surface area (Å²) in [6, 6.07) is 6.16. The van der Waals surface area contributed by atoms with Crippen molar-refractivity contribution in [3.8, 4) is 5.88 Å². The SMILES string of the molecule is CCOc1ncccc1NC(C)c1sccc1Br. The average molecular weight is 327 g/mol. The van der Waals surface area contributed by atoms with Crippen LogP contribution >= 0.6 is 27.3 Å². The maximum Gasteiger partial charge on any atom is 0.237 e. The molecule has 0 aromatic carbocycles. The average Bonchev–Trinajstić information content (AvgIpc) is 2.78. The van der Waals surface area contributed by atoms with Gasteiger partial charge in [-0.15, -0.1) is 11.3 Å². The Hall–Kier alpha value is -1.07. The van der Waals surface area contributed by atoms with E-state index in [4.69, 9.17) is 4.74 Å². The number of aromatic nitrogens is 1. The van der Waals surface area contributed by atoms with Crippen LogP contribution in [0.2, 0.25) is 0 Å². The van der Waals surface area contributed by atoms with Crippen LogP contribution in [-0.2, 0) is 0 Å². The first-order chi connectivity index (χ1) is 8.72. The van der Waals surface area contributed by atoms with E-state index in [1.165, 1.54) is 4.88 Å². The van der Waals surface area contributed by atoms with Gasteiger partial charge in [0.25, 0.3) is 0 Å². The number of nitrogens with one attached hydrogen (secondary N) is 1. The maximum atomic E-state index is 5.50. The van der Waals surface area contributed by atoms with Crippen molar-refractivity contribution in [2.24, 2.45) is 0 Å². The molecule has 96 valence electrons. The Morgan fingerprint density at radius 2 is 2.33 bits per heavy atom. The standard InChI is InChI=1S/C13H15BrN2OS/c1-3-17-13-11(5-4-7-15-13)16-9(2)12-10(14)6-8-18-12/h4-9,16H,3H2,1-2H3. The Morgan fingerprint density at radius 1 is 1.50 bits per heavy atom. The molecule has 0 aliphatic heterocycles. The Kier molecular flexibility index (Phi) is 4.60. The summed E-state index contributed by atoms with van der Waals surface area (Å²) in [5.41, 5.74) is 0.923. The number of anilines is 1. The van der Waals surface area contributed by atoms with Gasteiger partial charge in [-0.05, 0) is 53.4 Å². The molecule has 2 rings (SSSR count). The fourth-order valence-corrected chi connectivity index (χ4v) is 3.39. The summed E-state index contributed by atoms with van der Waals surface area (Å²) in [4.78, 5) is 5.50. The summed E-state index contributed by atoms with van der Waals surface area (Å²) in [6.45, 7) is 4.69. The Bertz CT molecular complexity index is 515. The van der Waals surface area contributed by atoms with Gasteiger partial charge in [0, 0.05) is 15.5 Å². The molecule has 0 bridgehead atoms. The lowest BCUT2D eigenvalue weighted by Gasteiger charge is -2.16. The van der Waals surface area contributed by atoms with E-state index in [1.54, 1.807) is 17.5 Å². The molecule has 0 spiro atoms. The van der Waals surface area contributed by atoms with E-state index in [9.17, 15) is 0 Å². The first-order valence-electron chi connectivity index (χ1n) is 5.79. The maximum absolute atomic E-state index is 5.50. The normalized spacial score (nSPS) is 12.2. The molecule has 0 radical (unpaired) electrons. The van der Waals surface area contributed by atoms with Crippen molar-refractivity contribution in [3.05, 3.63) is 39.1 Å². The highest BCUT2D eigenvalue weighted by Crippen LogP contribution is 2.32. The summed E-state index contributed by atoms with van der Waals surface area (Å²) < 4.78 is 6.64. The molecule has 0 amide bonds. The van der Waals surface area contributed by atoms with Crippen molar-refractivity contribution in [1.82, 2.24) is 4.98 Å². The van der Waals surface area contributed by atoms with E-state index in [-0.39, 0.29) is 6.04 Å². The highest BCUT2D eigenvalue weighted by Gasteiger charge is 2.13. The molecule has 2 aromatic rings. The third-order valence-electron chi connectivity index (χ3n) is 2.46. The molecule has 0 saturated carbocycles. The third-order valence-corrected chi connectivity index (χ3v) is 4.52. The number of pyridine rings is 1. The molecule has 18 heavy (non-hydrogen) atoms. The molecule has 1 unspecified atom stereocenters. The molecule has 5 heteroatoms. The quantitative estimate of drug-likeness (QED) is 0.879. The summed E-state index contributed by atoms with van der Waals surface area (Å²) in [5, 5.41) is 5.51. The van der Waals surface area contributed by atoms with Crippen molar-refractivity contribution in [2.45, 2.75) is 19.9 Å². The number of halogens is 1. The van der Waals surface area contributed by atoms with Crippen LogP contribution in [0.5, 0.6) is 5.88 Å². The number of nitrogens with zero attached hydrogens (tertiary/aromatic N) is 1. The summed E-state index contributed by atoms with van der Waals surface area (Å²) in [6.07, 6.45) is 1.74. The number of ether oxygens (including phenoxy) is 1. The van der Waals surface area contributed by atoms with Crippen LogP contribution in [0.4, 0.5) is 5.69 Å². The van der Waals surface area contributed by atoms with Crippen LogP contribution in [0.1, 0.15) is 24.8 Å². The van der Waals surface area contributed by atoms with E-state index in [0.29, 0.717) is 12.5 Å². The Labute approximate surface area is 119 Å². The molecule has 0 saturated heterocycles. The second kappa shape index (κ2) is 6.20. The minimum Gasteiger partial charge on any atom is -0.476 e. The highest BCUT2D eigenvalue weighted by atomic mass is 79.9. The lowest BCUT2D eigenvalue weighted by Crippen LogP contribution is -2.08. The molecule has 2 heterocycles. The van der Waals surface area contributed by atoms with E-state index in [0.717, 1.165) is 10.2 Å². The van der Waals surface area contributed by atoms with Crippen LogP contribution in [0.15, 0.2) is 34.2 Å². The van der Waals surface area contributed by atoms with Crippen molar-refractivity contribution in [1.29, 1.82) is 0 Å². The van der Waals surface area contributed by atoms with Gasteiger partial charge in [-0.2, -0.15) is 0 Å². The second-order valence-corrected chi connectivity index (χ2v) is 5.59. The zero-order valence-corrected chi connectivity index (χ0v) is 12.7. The fraction of sp³-hybridized carbons (Fsp3) is 0.308. The summed E-state index contributed by atoms with van der Waals surface area (Å²) >= 11 is 5.28. The Morgan fingerprint density at radius 3 is 3.00 bits per heavy atom. The van der Waals surface area contributed by atoms with Gasteiger partial charge in [0.2, 0.25) is 5.88 Å². The molecular weight excluding hydrogens is 312 g/mol. The van der Waals surface area contributed by atoms with Gasteiger partial charge in [-0.25, -0.2) is 4.98 Å². The van der Waals surface area contributed by atoms with Crippen molar-refractivity contribution < 1.29 is 4.74 Å². The van der Waals surface area contributed by atoms with Gasteiger partial charge in [0.15, 0.2) is 0 Å².